The Kier molecular flexibility index (Phi) is 7.21. The molecule has 7 heteroatoms. The second kappa shape index (κ2) is 8.89. The highest BCUT2D eigenvalue weighted by molar-refractivity contribution is 5.83. The molecule has 2 amide bonds. The maximum atomic E-state index is 11.9. The van der Waals surface area contributed by atoms with E-state index in [-0.39, 0.29) is 24.3 Å². The van der Waals surface area contributed by atoms with E-state index in [1.54, 1.807) is 0 Å². The summed E-state index contributed by atoms with van der Waals surface area (Å²) in [5.41, 5.74) is 7.17. The van der Waals surface area contributed by atoms with Crippen molar-refractivity contribution in [1.29, 1.82) is 0 Å². The molecule has 1 unspecified atom stereocenters. The molecule has 1 aromatic rings. The van der Waals surface area contributed by atoms with Crippen LogP contribution in [0, 0.1) is 6.92 Å². The summed E-state index contributed by atoms with van der Waals surface area (Å²) in [5.74, 6) is -2.74. The zero-order valence-electron chi connectivity index (χ0n) is 13.1. The van der Waals surface area contributed by atoms with Gasteiger partial charge in [-0.3, -0.25) is 14.8 Å². The molecular formula is C16H22N2O5. The lowest BCUT2D eigenvalue weighted by atomic mass is 10.1. The van der Waals surface area contributed by atoms with Crippen molar-refractivity contribution in [3.8, 4) is 0 Å². The average Bonchev–Trinajstić information content (AvgIpc) is 2.48. The molecule has 0 saturated heterocycles. The smallest absolute Gasteiger partial charge is 0.329 e. The van der Waals surface area contributed by atoms with Crippen molar-refractivity contribution in [1.82, 2.24) is 5.06 Å². The molecule has 4 N–H and O–H groups in total. The van der Waals surface area contributed by atoms with Crippen molar-refractivity contribution in [2.75, 3.05) is 0 Å². The van der Waals surface area contributed by atoms with Crippen LogP contribution in [-0.2, 0) is 20.8 Å². The van der Waals surface area contributed by atoms with Gasteiger partial charge in [-0.2, -0.15) is 0 Å². The van der Waals surface area contributed by atoms with E-state index >= 15 is 0 Å². The van der Waals surface area contributed by atoms with Gasteiger partial charge in [0.15, 0.2) is 6.04 Å². The fraction of sp³-hybridized carbons (Fsp3) is 0.438. The maximum Gasteiger partial charge on any atom is 0.329 e. The van der Waals surface area contributed by atoms with Gasteiger partial charge in [0.2, 0.25) is 11.8 Å². The summed E-state index contributed by atoms with van der Waals surface area (Å²) in [7, 11) is 0. The lowest BCUT2D eigenvalue weighted by Crippen LogP contribution is -2.43. The summed E-state index contributed by atoms with van der Waals surface area (Å²) in [4.78, 5) is 33.7. The molecule has 0 heterocycles. The number of carbonyl (C=O) groups is 3. The zero-order chi connectivity index (χ0) is 17.4. The van der Waals surface area contributed by atoms with Crippen molar-refractivity contribution in [2.45, 2.75) is 45.1 Å². The van der Waals surface area contributed by atoms with Gasteiger partial charge in [-0.15, -0.1) is 0 Å². The Hall–Kier alpha value is -2.41. The Morgan fingerprint density at radius 3 is 2.30 bits per heavy atom. The fourth-order valence-electron chi connectivity index (χ4n) is 2.12. The molecule has 0 aliphatic rings. The molecule has 0 aliphatic heterocycles. The van der Waals surface area contributed by atoms with E-state index in [4.69, 9.17) is 10.8 Å². The predicted octanol–water partition coefficient (Wildman–Crippen LogP) is 1.25. The second-order valence-corrected chi connectivity index (χ2v) is 5.44. The van der Waals surface area contributed by atoms with Crippen LogP contribution in [0.3, 0.4) is 0 Å². The van der Waals surface area contributed by atoms with E-state index in [9.17, 15) is 19.6 Å². The number of rotatable bonds is 9. The van der Waals surface area contributed by atoms with E-state index < -0.39 is 23.8 Å². The van der Waals surface area contributed by atoms with E-state index in [1.165, 1.54) is 0 Å². The van der Waals surface area contributed by atoms with Crippen LogP contribution < -0.4 is 5.73 Å². The van der Waals surface area contributed by atoms with Crippen LogP contribution >= 0.6 is 0 Å². The summed E-state index contributed by atoms with van der Waals surface area (Å²) in [6.07, 6.45) is 0.722. The highest BCUT2D eigenvalue weighted by Crippen LogP contribution is 2.11. The third kappa shape index (κ3) is 6.48. The van der Waals surface area contributed by atoms with Crippen LogP contribution in [0.4, 0.5) is 0 Å². The van der Waals surface area contributed by atoms with Gasteiger partial charge in [0.25, 0.3) is 0 Å². The lowest BCUT2D eigenvalue weighted by molar-refractivity contribution is -0.186. The topological polar surface area (TPSA) is 121 Å². The van der Waals surface area contributed by atoms with Crippen molar-refractivity contribution in [3.05, 3.63) is 35.4 Å². The number of nitrogens with zero attached hydrogens (tertiary/aromatic N) is 1. The first-order valence-electron chi connectivity index (χ1n) is 7.39. The number of amides is 2. The molecule has 7 nitrogen and oxygen atoms in total. The minimum Gasteiger partial charge on any atom is -0.480 e. The van der Waals surface area contributed by atoms with Gasteiger partial charge in [0.1, 0.15) is 0 Å². The third-order valence-corrected chi connectivity index (χ3v) is 3.48. The highest BCUT2D eigenvalue weighted by Gasteiger charge is 2.28. The highest BCUT2D eigenvalue weighted by atomic mass is 16.5. The van der Waals surface area contributed by atoms with Crippen LogP contribution in [0.5, 0.6) is 0 Å². The molecule has 1 aromatic carbocycles. The van der Waals surface area contributed by atoms with Gasteiger partial charge in [0, 0.05) is 12.8 Å². The van der Waals surface area contributed by atoms with Gasteiger partial charge in [-0.1, -0.05) is 29.8 Å². The number of aliphatic carboxylic acids is 1. The number of nitrogens with two attached hydrogens (primary N) is 1. The Morgan fingerprint density at radius 2 is 1.78 bits per heavy atom. The molecule has 1 atom stereocenters. The third-order valence-electron chi connectivity index (χ3n) is 3.48. The number of carbonyl (C=O) groups excluding carboxylic acids is 2. The largest absolute Gasteiger partial charge is 0.480 e. The predicted molar refractivity (Wildman–Crippen MR) is 82.6 cm³/mol. The average molecular weight is 322 g/mol. The fourth-order valence-corrected chi connectivity index (χ4v) is 2.12. The molecule has 0 fully saturated rings. The Morgan fingerprint density at radius 1 is 1.17 bits per heavy atom. The van der Waals surface area contributed by atoms with Crippen molar-refractivity contribution in [2.24, 2.45) is 5.73 Å². The van der Waals surface area contributed by atoms with Gasteiger partial charge in [0.05, 0.1) is 0 Å². The van der Waals surface area contributed by atoms with Gasteiger partial charge < -0.3 is 10.8 Å². The van der Waals surface area contributed by atoms with E-state index in [0.29, 0.717) is 12.8 Å². The number of aryl methyl sites for hydroxylation is 2. The number of carboxylic acid groups (broad SMARTS) is 1. The number of hydrogen-bond donors (Lipinski definition) is 3. The van der Waals surface area contributed by atoms with Crippen LogP contribution in [0.1, 0.15) is 36.8 Å². The molecule has 0 spiro atoms. The van der Waals surface area contributed by atoms with E-state index in [2.05, 4.69) is 0 Å². The lowest BCUT2D eigenvalue weighted by Gasteiger charge is -2.22. The van der Waals surface area contributed by atoms with Crippen LogP contribution in [-0.4, -0.2) is 39.2 Å². The molecule has 0 aromatic heterocycles. The quantitative estimate of drug-likeness (QED) is 0.467. The summed E-state index contributed by atoms with van der Waals surface area (Å²) >= 11 is 0. The Balaban J connectivity index is 2.48. The normalized spacial score (nSPS) is 11.7. The van der Waals surface area contributed by atoms with Gasteiger partial charge in [-0.05, 0) is 31.7 Å². The number of carboxylic acids is 1. The minimum absolute atomic E-state index is 0.0186. The summed E-state index contributed by atoms with van der Waals surface area (Å²) in [6, 6.07) is 6.40. The first-order valence-corrected chi connectivity index (χ1v) is 7.39. The summed E-state index contributed by atoms with van der Waals surface area (Å²) < 4.78 is 0. The van der Waals surface area contributed by atoms with Crippen molar-refractivity contribution >= 4 is 17.8 Å². The van der Waals surface area contributed by atoms with E-state index in [1.807, 2.05) is 31.2 Å². The van der Waals surface area contributed by atoms with Gasteiger partial charge in [-0.25, -0.2) is 9.86 Å². The monoisotopic (exact) mass is 322 g/mol. The molecule has 1 rings (SSSR count). The molecule has 0 radical (unpaired) electrons. The van der Waals surface area contributed by atoms with Crippen LogP contribution in [0.2, 0.25) is 0 Å². The zero-order valence-corrected chi connectivity index (χ0v) is 13.1. The van der Waals surface area contributed by atoms with Crippen LogP contribution in [0.15, 0.2) is 24.3 Å². The number of primary amides is 1. The molecule has 0 aliphatic carbocycles. The Bertz CT molecular complexity index is 556. The van der Waals surface area contributed by atoms with Gasteiger partial charge >= 0.3 is 5.97 Å². The summed E-state index contributed by atoms with van der Waals surface area (Å²) in [6.45, 7) is 1.98. The molecule has 23 heavy (non-hydrogen) atoms. The number of benzene rings is 1. The van der Waals surface area contributed by atoms with Crippen molar-refractivity contribution in [3.63, 3.8) is 0 Å². The molecule has 0 saturated carbocycles. The number of hydrogen-bond acceptors (Lipinski definition) is 4. The first kappa shape index (κ1) is 18.6. The minimum atomic E-state index is -1.46. The maximum absolute atomic E-state index is 11.9. The van der Waals surface area contributed by atoms with Crippen LogP contribution in [0.25, 0.3) is 0 Å². The molecular weight excluding hydrogens is 300 g/mol. The second-order valence-electron chi connectivity index (χ2n) is 5.44. The molecule has 0 bridgehead atoms. The summed E-state index contributed by atoms with van der Waals surface area (Å²) in [5, 5.41) is 19.0. The SMILES string of the molecule is Cc1ccc(CCCC(=O)N(O)C(CCC(N)=O)C(=O)O)cc1. The molecule has 126 valence electrons. The number of hydroxylamine groups is 2. The van der Waals surface area contributed by atoms with E-state index in [0.717, 1.165) is 11.1 Å². The Labute approximate surface area is 134 Å². The first-order chi connectivity index (χ1) is 10.8. The standard InChI is InChI=1S/C16H22N2O5/c1-11-5-7-12(8-6-11)3-2-4-15(20)18(23)13(16(21)22)9-10-14(17)19/h5-8,13,23H,2-4,9-10H2,1H3,(H2,17,19)(H,21,22). The van der Waals surface area contributed by atoms with Crippen molar-refractivity contribution < 1.29 is 24.7 Å².